The Morgan fingerprint density at radius 3 is 2.44 bits per heavy atom. The van der Waals surface area contributed by atoms with E-state index in [-0.39, 0.29) is 0 Å². The summed E-state index contributed by atoms with van der Waals surface area (Å²) in [7, 11) is 0. The van der Waals surface area contributed by atoms with Crippen LogP contribution in [0, 0.1) is 13.8 Å². The molecule has 0 saturated heterocycles. The van der Waals surface area contributed by atoms with Gasteiger partial charge in [-0.1, -0.05) is 12.2 Å². The number of carboxylic acids is 1. The van der Waals surface area contributed by atoms with E-state index in [0.717, 1.165) is 29.9 Å². The monoisotopic (exact) mass is 217 g/mol. The fourth-order valence-electron chi connectivity index (χ4n) is 1.93. The summed E-state index contributed by atoms with van der Waals surface area (Å²) < 4.78 is 0. The summed E-state index contributed by atoms with van der Waals surface area (Å²) in [5.74, 6) is -0.852. The topological polar surface area (TPSA) is 40.5 Å². The van der Waals surface area contributed by atoms with E-state index >= 15 is 0 Å². The Bertz CT molecular complexity index is 455. The zero-order valence-corrected chi connectivity index (χ0v) is 9.53. The van der Waals surface area contributed by atoms with Crippen LogP contribution in [0.3, 0.4) is 0 Å². The van der Waals surface area contributed by atoms with Crippen molar-refractivity contribution in [3.05, 3.63) is 41.0 Å². The van der Waals surface area contributed by atoms with Gasteiger partial charge in [0.1, 0.15) is 0 Å². The van der Waals surface area contributed by atoms with Crippen LogP contribution in [0.25, 0.3) is 0 Å². The Hall–Kier alpha value is -1.77. The lowest BCUT2D eigenvalue weighted by atomic mass is 10.0. The van der Waals surface area contributed by atoms with Gasteiger partial charge in [-0.3, -0.25) is 0 Å². The number of nitrogens with zero attached hydrogens (tertiary/aromatic N) is 1. The SMILES string of the molecule is Cc1cc(N2CC=CC2)cc(C(=O)O)c1C. The molecule has 0 aliphatic carbocycles. The van der Waals surface area contributed by atoms with Crippen molar-refractivity contribution in [1.29, 1.82) is 0 Å². The molecule has 1 aliphatic rings. The first-order chi connectivity index (χ1) is 7.59. The minimum atomic E-state index is -0.852. The summed E-state index contributed by atoms with van der Waals surface area (Å²) in [5.41, 5.74) is 3.28. The predicted octanol–water partition coefficient (Wildman–Crippen LogP) is 2.38. The van der Waals surface area contributed by atoms with E-state index in [1.54, 1.807) is 6.07 Å². The zero-order valence-electron chi connectivity index (χ0n) is 9.53. The molecule has 0 atom stereocenters. The van der Waals surface area contributed by atoms with Crippen molar-refractivity contribution in [3.8, 4) is 0 Å². The van der Waals surface area contributed by atoms with Gasteiger partial charge in [0.25, 0.3) is 0 Å². The summed E-state index contributed by atoms with van der Waals surface area (Å²) in [5, 5.41) is 9.12. The molecule has 0 saturated carbocycles. The molecule has 0 bridgehead atoms. The smallest absolute Gasteiger partial charge is 0.336 e. The Morgan fingerprint density at radius 2 is 1.88 bits per heavy atom. The maximum absolute atomic E-state index is 11.1. The molecule has 0 fully saturated rings. The van der Waals surface area contributed by atoms with Crippen molar-refractivity contribution >= 4 is 11.7 Å². The number of aromatic carboxylic acids is 1. The number of rotatable bonds is 2. The van der Waals surface area contributed by atoms with E-state index in [4.69, 9.17) is 5.11 Å². The summed E-state index contributed by atoms with van der Waals surface area (Å²) >= 11 is 0. The molecule has 1 aromatic rings. The highest BCUT2D eigenvalue weighted by atomic mass is 16.4. The molecule has 1 aliphatic heterocycles. The summed E-state index contributed by atoms with van der Waals surface area (Å²) in [6.07, 6.45) is 4.19. The Kier molecular flexibility index (Phi) is 2.69. The second-order valence-electron chi connectivity index (χ2n) is 4.12. The van der Waals surface area contributed by atoms with Crippen molar-refractivity contribution in [2.75, 3.05) is 18.0 Å². The number of aryl methyl sites for hydroxylation is 1. The molecule has 3 nitrogen and oxygen atoms in total. The van der Waals surface area contributed by atoms with Crippen molar-refractivity contribution in [2.45, 2.75) is 13.8 Å². The lowest BCUT2D eigenvalue weighted by molar-refractivity contribution is 0.0696. The van der Waals surface area contributed by atoms with Crippen LogP contribution < -0.4 is 4.90 Å². The second kappa shape index (κ2) is 4.00. The van der Waals surface area contributed by atoms with E-state index in [0.29, 0.717) is 5.56 Å². The number of hydrogen-bond donors (Lipinski definition) is 1. The molecule has 16 heavy (non-hydrogen) atoms. The van der Waals surface area contributed by atoms with Crippen LogP contribution >= 0.6 is 0 Å². The largest absolute Gasteiger partial charge is 0.478 e. The zero-order chi connectivity index (χ0) is 11.7. The molecule has 2 rings (SSSR count). The molecule has 0 radical (unpaired) electrons. The summed E-state index contributed by atoms with van der Waals surface area (Å²) in [6.45, 7) is 5.53. The third-order valence-electron chi connectivity index (χ3n) is 3.07. The molecule has 0 amide bonds. The molecule has 1 heterocycles. The minimum absolute atomic E-state index is 0.405. The van der Waals surface area contributed by atoms with Crippen LogP contribution in [0.1, 0.15) is 21.5 Å². The van der Waals surface area contributed by atoms with Crippen molar-refractivity contribution in [3.63, 3.8) is 0 Å². The summed E-state index contributed by atoms with van der Waals surface area (Å²) in [4.78, 5) is 13.3. The molecule has 1 aromatic carbocycles. The van der Waals surface area contributed by atoms with Crippen LogP contribution in [-0.4, -0.2) is 24.2 Å². The number of anilines is 1. The minimum Gasteiger partial charge on any atom is -0.478 e. The highest BCUT2D eigenvalue weighted by molar-refractivity contribution is 5.91. The number of benzene rings is 1. The summed E-state index contributed by atoms with van der Waals surface area (Å²) in [6, 6.07) is 3.81. The lowest BCUT2D eigenvalue weighted by Gasteiger charge is -2.20. The average Bonchev–Trinajstić information content (AvgIpc) is 2.74. The Morgan fingerprint density at radius 1 is 1.25 bits per heavy atom. The first-order valence-electron chi connectivity index (χ1n) is 5.34. The van der Waals surface area contributed by atoms with Gasteiger partial charge in [0.15, 0.2) is 0 Å². The van der Waals surface area contributed by atoms with E-state index in [2.05, 4.69) is 23.1 Å². The molecular formula is C13H15NO2. The molecule has 0 aromatic heterocycles. The molecule has 0 spiro atoms. The molecule has 1 N–H and O–H groups in total. The Labute approximate surface area is 95.0 Å². The van der Waals surface area contributed by atoms with Crippen LogP contribution in [0.4, 0.5) is 5.69 Å². The van der Waals surface area contributed by atoms with Gasteiger partial charge < -0.3 is 10.0 Å². The first kappa shape index (κ1) is 10.7. The van der Waals surface area contributed by atoms with E-state index < -0.39 is 5.97 Å². The highest BCUT2D eigenvalue weighted by Crippen LogP contribution is 2.24. The maximum Gasteiger partial charge on any atom is 0.336 e. The van der Waals surface area contributed by atoms with Gasteiger partial charge in [0.05, 0.1) is 5.56 Å². The number of carbonyl (C=O) groups is 1. The van der Waals surface area contributed by atoms with E-state index in [1.807, 2.05) is 13.8 Å². The first-order valence-corrected chi connectivity index (χ1v) is 5.34. The normalized spacial score (nSPS) is 14.5. The van der Waals surface area contributed by atoms with Crippen molar-refractivity contribution < 1.29 is 9.90 Å². The van der Waals surface area contributed by atoms with Crippen LogP contribution in [0.2, 0.25) is 0 Å². The van der Waals surface area contributed by atoms with Gasteiger partial charge in [0, 0.05) is 18.8 Å². The van der Waals surface area contributed by atoms with Gasteiger partial charge in [-0.2, -0.15) is 0 Å². The van der Waals surface area contributed by atoms with Crippen molar-refractivity contribution in [1.82, 2.24) is 0 Å². The van der Waals surface area contributed by atoms with Gasteiger partial charge in [-0.25, -0.2) is 4.79 Å². The highest BCUT2D eigenvalue weighted by Gasteiger charge is 2.14. The van der Waals surface area contributed by atoms with Crippen LogP contribution in [0.15, 0.2) is 24.3 Å². The van der Waals surface area contributed by atoms with Crippen molar-refractivity contribution in [2.24, 2.45) is 0 Å². The fourth-order valence-corrected chi connectivity index (χ4v) is 1.93. The average molecular weight is 217 g/mol. The maximum atomic E-state index is 11.1. The second-order valence-corrected chi connectivity index (χ2v) is 4.12. The van der Waals surface area contributed by atoms with Gasteiger partial charge in [-0.15, -0.1) is 0 Å². The molecule has 0 unspecified atom stereocenters. The number of hydrogen-bond acceptors (Lipinski definition) is 2. The molecule has 84 valence electrons. The van der Waals surface area contributed by atoms with Gasteiger partial charge in [-0.05, 0) is 37.1 Å². The molecule has 3 heteroatoms. The van der Waals surface area contributed by atoms with E-state index in [9.17, 15) is 4.79 Å². The molecular weight excluding hydrogens is 202 g/mol. The van der Waals surface area contributed by atoms with Gasteiger partial charge >= 0.3 is 5.97 Å². The van der Waals surface area contributed by atoms with Gasteiger partial charge in [0.2, 0.25) is 0 Å². The van der Waals surface area contributed by atoms with Crippen LogP contribution in [-0.2, 0) is 0 Å². The van der Waals surface area contributed by atoms with E-state index in [1.165, 1.54) is 0 Å². The lowest BCUT2D eigenvalue weighted by Crippen LogP contribution is -2.19. The quantitative estimate of drug-likeness (QED) is 0.773. The predicted molar refractivity (Wildman–Crippen MR) is 64.2 cm³/mol. The third kappa shape index (κ3) is 1.81. The standard InChI is InChI=1S/C13H15NO2/c1-9-7-11(14-5-3-4-6-14)8-12(10(9)2)13(15)16/h3-4,7-8H,5-6H2,1-2H3,(H,15,16). The third-order valence-corrected chi connectivity index (χ3v) is 3.07. The van der Waals surface area contributed by atoms with Crippen LogP contribution in [0.5, 0.6) is 0 Å². The fraction of sp³-hybridized carbons (Fsp3) is 0.308. The Balaban J connectivity index is 2.44. The number of carboxylic acid groups (broad SMARTS) is 1.